The van der Waals surface area contributed by atoms with Gasteiger partial charge in [0, 0.05) is 13.6 Å². The van der Waals surface area contributed by atoms with E-state index in [1.54, 1.807) is 0 Å². The van der Waals surface area contributed by atoms with Gasteiger partial charge in [-0.15, -0.1) is 0 Å². The lowest BCUT2D eigenvalue weighted by Crippen LogP contribution is -2.10. The zero-order valence-corrected chi connectivity index (χ0v) is 11.9. The Labute approximate surface area is 110 Å². The van der Waals surface area contributed by atoms with Crippen LogP contribution in [0.2, 0.25) is 0 Å². The molecule has 3 N–H and O–H groups in total. The second-order valence-electron chi connectivity index (χ2n) is 5.79. The first-order valence-corrected chi connectivity index (χ1v) is 7.15. The molecule has 1 heterocycles. The van der Waals surface area contributed by atoms with Crippen LogP contribution in [0.5, 0.6) is 0 Å². The summed E-state index contributed by atoms with van der Waals surface area (Å²) >= 11 is 0. The lowest BCUT2D eigenvalue weighted by molar-refractivity contribution is 0.517. The molecule has 0 spiro atoms. The van der Waals surface area contributed by atoms with Gasteiger partial charge in [0.2, 0.25) is 0 Å². The van der Waals surface area contributed by atoms with Gasteiger partial charge in [-0.25, -0.2) is 0 Å². The van der Waals surface area contributed by atoms with Crippen LogP contribution in [-0.2, 0) is 7.05 Å². The molecule has 1 aliphatic rings. The normalized spacial score (nSPS) is 16.7. The molecule has 18 heavy (non-hydrogen) atoms. The number of anilines is 2. The summed E-state index contributed by atoms with van der Waals surface area (Å²) in [4.78, 5) is 0. The van der Waals surface area contributed by atoms with Gasteiger partial charge in [0.25, 0.3) is 0 Å². The third-order valence-electron chi connectivity index (χ3n) is 3.98. The van der Waals surface area contributed by atoms with E-state index in [2.05, 4.69) is 24.3 Å². The molecule has 0 amide bonds. The Morgan fingerprint density at radius 3 is 2.61 bits per heavy atom. The van der Waals surface area contributed by atoms with Gasteiger partial charge in [-0.05, 0) is 18.3 Å². The highest BCUT2D eigenvalue weighted by atomic mass is 15.3. The number of nitrogens with two attached hydrogens (primary N) is 1. The van der Waals surface area contributed by atoms with Crippen molar-refractivity contribution in [2.45, 2.75) is 51.9 Å². The van der Waals surface area contributed by atoms with Crippen molar-refractivity contribution in [2.24, 2.45) is 13.0 Å². The molecule has 1 fully saturated rings. The van der Waals surface area contributed by atoms with Crippen LogP contribution in [0, 0.1) is 5.92 Å². The number of aryl methyl sites for hydroxylation is 1. The first-order chi connectivity index (χ1) is 8.59. The molecular formula is C14H26N4. The second kappa shape index (κ2) is 5.63. The van der Waals surface area contributed by atoms with Crippen molar-refractivity contribution in [3.63, 3.8) is 0 Å². The number of nitrogen functional groups attached to an aromatic ring is 1. The average molecular weight is 250 g/mol. The van der Waals surface area contributed by atoms with Gasteiger partial charge < -0.3 is 11.1 Å². The van der Waals surface area contributed by atoms with Crippen LogP contribution in [0.1, 0.15) is 57.6 Å². The number of nitrogens with one attached hydrogen (secondary N) is 1. The summed E-state index contributed by atoms with van der Waals surface area (Å²) in [6.45, 7) is 5.26. The number of hydrogen-bond donors (Lipinski definition) is 2. The fourth-order valence-electron chi connectivity index (χ4n) is 2.89. The molecule has 4 nitrogen and oxygen atoms in total. The van der Waals surface area contributed by atoms with E-state index in [0.717, 1.165) is 29.7 Å². The summed E-state index contributed by atoms with van der Waals surface area (Å²) in [6.07, 6.45) is 6.88. The molecule has 4 heteroatoms. The fourth-order valence-corrected chi connectivity index (χ4v) is 2.89. The van der Waals surface area contributed by atoms with Crippen molar-refractivity contribution in [3.05, 3.63) is 5.69 Å². The third-order valence-corrected chi connectivity index (χ3v) is 3.98. The Hall–Kier alpha value is -1.19. The predicted molar refractivity (Wildman–Crippen MR) is 76.8 cm³/mol. The maximum atomic E-state index is 6.15. The fraction of sp³-hybridized carbons (Fsp3) is 0.786. The zero-order chi connectivity index (χ0) is 13.1. The highest BCUT2D eigenvalue weighted by molar-refractivity contribution is 5.65. The Balaban J connectivity index is 1.92. The van der Waals surface area contributed by atoms with Crippen LogP contribution in [-0.4, -0.2) is 16.3 Å². The Bertz CT molecular complexity index is 389. The first-order valence-electron chi connectivity index (χ1n) is 7.15. The smallest absolute Gasteiger partial charge is 0.147 e. The predicted octanol–water partition coefficient (Wildman–Crippen LogP) is 3.12. The third kappa shape index (κ3) is 2.79. The van der Waals surface area contributed by atoms with Crippen LogP contribution < -0.4 is 11.1 Å². The topological polar surface area (TPSA) is 55.9 Å². The van der Waals surface area contributed by atoms with Crippen molar-refractivity contribution in [1.82, 2.24) is 9.78 Å². The van der Waals surface area contributed by atoms with Gasteiger partial charge in [0.15, 0.2) is 0 Å². The van der Waals surface area contributed by atoms with Crippen LogP contribution in [0.15, 0.2) is 0 Å². The lowest BCUT2D eigenvalue weighted by atomic mass is 10.0. The molecule has 0 aromatic carbocycles. The number of rotatable bonds is 5. The molecular weight excluding hydrogens is 224 g/mol. The summed E-state index contributed by atoms with van der Waals surface area (Å²) in [6, 6.07) is 0. The molecule has 0 aliphatic heterocycles. The van der Waals surface area contributed by atoms with Crippen molar-refractivity contribution in [1.29, 1.82) is 0 Å². The van der Waals surface area contributed by atoms with Crippen molar-refractivity contribution < 1.29 is 0 Å². The van der Waals surface area contributed by atoms with E-state index in [1.165, 1.54) is 32.1 Å². The molecule has 2 rings (SSSR count). The van der Waals surface area contributed by atoms with Crippen molar-refractivity contribution >= 4 is 11.5 Å². The summed E-state index contributed by atoms with van der Waals surface area (Å²) in [5.74, 6) is 2.27. The maximum Gasteiger partial charge on any atom is 0.147 e. The molecule has 0 unspecified atom stereocenters. The van der Waals surface area contributed by atoms with Crippen LogP contribution in [0.3, 0.4) is 0 Å². The molecule has 0 atom stereocenters. The minimum atomic E-state index is 0.376. The van der Waals surface area contributed by atoms with E-state index in [9.17, 15) is 0 Å². The summed E-state index contributed by atoms with van der Waals surface area (Å²) < 4.78 is 1.87. The van der Waals surface area contributed by atoms with E-state index < -0.39 is 0 Å². The van der Waals surface area contributed by atoms with Crippen LogP contribution in [0.25, 0.3) is 0 Å². The monoisotopic (exact) mass is 250 g/mol. The molecule has 1 aliphatic carbocycles. The molecule has 0 radical (unpaired) electrons. The highest BCUT2D eigenvalue weighted by Gasteiger charge is 2.17. The Morgan fingerprint density at radius 1 is 1.39 bits per heavy atom. The average Bonchev–Trinajstić information content (AvgIpc) is 2.91. The summed E-state index contributed by atoms with van der Waals surface area (Å²) in [5.41, 5.74) is 7.97. The minimum absolute atomic E-state index is 0.376. The minimum Gasteiger partial charge on any atom is -0.394 e. The van der Waals surface area contributed by atoms with Crippen molar-refractivity contribution in [2.75, 3.05) is 17.6 Å². The summed E-state index contributed by atoms with van der Waals surface area (Å²) in [7, 11) is 1.96. The summed E-state index contributed by atoms with van der Waals surface area (Å²) in [5, 5.41) is 7.95. The Morgan fingerprint density at radius 2 is 2.06 bits per heavy atom. The SMILES string of the molecule is CC(C)c1nn(C)c(NCCC2CCCC2)c1N. The molecule has 1 saturated carbocycles. The van der Waals surface area contributed by atoms with Crippen molar-refractivity contribution in [3.8, 4) is 0 Å². The van der Waals surface area contributed by atoms with Gasteiger partial charge in [-0.2, -0.15) is 5.10 Å². The zero-order valence-electron chi connectivity index (χ0n) is 11.9. The van der Waals surface area contributed by atoms with Gasteiger partial charge in [-0.1, -0.05) is 39.5 Å². The maximum absolute atomic E-state index is 6.15. The van der Waals surface area contributed by atoms with Gasteiger partial charge in [0.05, 0.1) is 11.4 Å². The van der Waals surface area contributed by atoms with Crippen LogP contribution >= 0.6 is 0 Å². The number of nitrogens with zero attached hydrogens (tertiary/aromatic N) is 2. The van der Waals surface area contributed by atoms with E-state index >= 15 is 0 Å². The second-order valence-corrected chi connectivity index (χ2v) is 5.79. The highest BCUT2D eigenvalue weighted by Crippen LogP contribution is 2.29. The first kappa shape index (κ1) is 13.2. The number of hydrogen-bond acceptors (Lipinski definition) is 3. The van der Waals surface area contributed by atoms with Crippen LogP contribution in [0.4, 0.5) is 11.5 Å². The lowest BCUT2D eigenvalue weighted by Gasteiger charge is -2.11. The van der Waals surface area contributed by atoms with E-state index in [0.29, 0.717) is 5.92 Å². The Kier molecular flexibility index (Phi) is 4.15. The van der Waals surface area contributed by atoms with Gasteiger partial charge in [-0.3, -0.25) is 4.68 Å². The van der Waals surface area contributed by atoms with Gasteiger partial charge in [0.1, 0.15) is 5.82 Å². The molecule has 0 bridgehead atoms. The van der Waals surface area contributed by atoms with E-state index in [4.69, 9.17) is 5.73 Å². The van der Waals surface area contributed by atoms with Gasteiger partial charge >= 0.3 is 0 Å². The number of aromatic nitrogens is 2. The molecule has 102 valence electrons. The van der Waals surface area contributed by atoms with E-state index in [-0.39, 0.29) is 0 Å². The largest absolute Gasteiger partial charge is 0.394 e. The molecule has 1 aromatic heterocycles. The molecule has 0 saturated heterocycles. The quantitative estimate of drug-likeness (QED) is 0.844. The molecule has 1 aromatic rings. The van der Waals surface area contributed by atoms with E-state index in [1.807, 2.05) is 11.7 Å². The standard InChI is InChI=1S/C14H26N4/c1-10(2)13-12(15)14(18(3)17-13)16-9-8-11-6-4-5-7-11/h10-11,16H,4-9,15H2,1-3H3.